The Morgan fingerprint density at radius 2 is 1.45 bits per heavy atom. The van der Waals surface area contributed by atoms with Gasteiger partial charge in [-0.2, -0.15) is 0 Å². The van der Waals surface area contributed by atoms with Crippen LogP contribution >= 0.6 is 0 Å². The van der Waals surface area contributed by atoms with E-state index in [0.29, 0.717) is 5.92 Å². The molecule has 0 bridgehead atoms. The van der Waals surface area contributed by atoms with E-state index in [4.69, 9.17) is 6.42 Å². The lowest BCUT2D eigenvalue weighted by Gasteiger charge is -2.22. The van der Waals surface area contributed by atoms with Crippen LogP contribution in [0.1, 0.15) is 73.3 Å². The van der Waals surface area contributed by atoms with Crippen LogP contribution in [0.4, 0.5) is 0 Å². The van der Waals surface area contributed by atoms with Crippen LogP contribution in [0.15, 0.2) is 120 Å². The Bertz CT molecular complexity index is 1670. The second-order valence-electron chi connectivity index (χ2n) is 11.8. The third-order valence-electron chi connectivity index (χ3n) is 8.85. The highest BCUT2D eigenvalue weighted by molar-refractivity contribution is 5.76. The zero-order valence-corrected chi connectivity index (χ0v) is 25.6. The lowest BCUT2D eigenvalue weighted by Crippen LogP contribution is -2.04. The predicted octanol–water partition coefficient (Wildman–Crippen LogP) is 11.4. The maximum Gasteiger partial charge on any atom is 0.00891 e. The fraction of sp³-hybridized carbons (Fsp3) is 0.238. The molecule has 5 rings (SSSR count). The van der Waals surface area contributed by atoms with Crippen LogP contribution in [-0.4, -0.2) is 0 Å². The van der Waals surface area contributed by atoms with Gasteiger partial charge in [0.2, 0.25) is 0 Å². The normalized spacial score (nSPS) is 15.1. The third-order valence-corrected chi connectivity index (χ3v) is 8.85. The molecule has 4 aromatic carbocycles. The first kappa shape index (κ1) is 29.2. The van der Waals surface area contributed by atoms with Gasteiger partial charge in [0.25, 0.3) is 0 Å². The molecule has 42 heavy (non-hydrogen) atoms. The van der Waals surface area contributed by atoms with E-state index in [9.17, 15) is 0 Å². The molecule has 0 radical (unpaired) electrons. The smallest absolute Gasteiger partial charge is 0.00891 e. The van der Waals surface area contributed by atoms with Gasteiger partial charge in [-0.15, -0.1) is 12.3 Å². The summed E-state index contributed by atoms with van der Waals surface area (Å²) in [5.74, 6) is 3.30. The molecule has 1 aliphatic carbocycles. The van der Waals surface area contributed by atoms with Gasteiger partial charge >= 0.3 is 0 Å². The van der Waals surface area contributed by atoms with Crippen molar-refractivity contribution in [3.05, 3.63) is 148 Å². The van der Waals surface area contributed by atoms with Gasteiger partial charge in [0.15, 0.2) is 0 Å². The van der Waals surface area contributed by atoms with Gasteiger partial charge in [-0.05, 0) is 115 Å². The van der Waals surface area contributed by atoms with Crippen molar-refractivity contribution in [3.63, 3.8) is 0 Å². The quantitative estimate of drug-likeness (QED) is 0.145. The first-order valence-electron chi connectivity index (χ1n) is 15.3. The number of terminal acetylenes is 1. The Morgan fingerprint density at radius 1 is 0.786 bits per heavy atom. The predicted molar refractivity (Wildman–Crippen MR) is 182 cm³/mol. The zero-order chi connectivity index (χ0) is 29.5. The second-order valence-corrected chi connectivity index (χ2v) is 11.8. The van der Waals surface area contributed by atoms with Gasteiger partial charge in [0.05, 0.1) is 0 Å². The molecule has 0 saturated heterocycles. The average Bonchev–Trinajstić information content (AvgIpc) is 3.02. The lowest BCUT2D eigenvalue weighted by molar-refractivity contribution is 0.791. The molecule has 0 spiro atoms. The van der Waals surface area contributed by atoms with Crippen molar-refractivity contribution >= 4 is 5.57 Å². The molecule has 0 fully saturated rings. The highest BCUT2D eigenvalue weighted by Crippen LogP contribution is 2.37. The molecule has 0 amide bonds. The Labute approximate surface area is 253 Å². The molecule has 0 aliphatic heterocycles. The Hall–Kier alpha value is -4.34. The zero-order valence-electron chi connectivity index (χ0n) is 25.6. The van der Waals surface area contributed by atoms with E-state index >= 15 is 0 Å². The molecule has 0 saturated carbocycles. The Kier molecular flexibility index (Phi) is 9.41. The van der Waals surface area contributed by atoms with Gasteiger partial charge < -0.3 is 0 Å². The van der Waals surface area contributed by atoms with Gasteiger partial charge in [-0.3, -0.25) is 0 Å². The minimum absolute atomic E-state index is 0.456. The van der Waals surface area contributed by atoms with Crippen LogP contribution in [0.25, 0.3) is 27.8 Å². The first-order chi connectivity index (χ1) is 20.4. The van der Waals surface area contributed by atoms with Crippen LogP contribution in [0.5, 0.6) is 0 Å². The van der Waals surface area contributed by atoms with E-state index in [2.05, 4.69) is 143 Å². The molecule has 1 aliphatic rings. The molecule has 0 heteroatoms. The first-order valence-corrected chi connectivity index (χ1v) is 15.3. The molecule has 0 heterocycles. The van der Waals surface area contributed by atoms with Crippen molar-refractivity contribution < 1.29 is 0 Å². The standard InChI is InChI=1S/C42H42/c1-6-7-9-17-37(27-34-21-25-36(26-22-34)35-15-10-8-11-16-35)33(5)41-28-38(23-19-31(41)3)39-24-20-32(4)42(29-39)40-18-13-12-14-30(40)2/h1,8,10-16,19-26,28-29,40H,7,9,17-18,27H2,2-5H3/b37-33-. The van der Waals surface area contributed by atoms with Gasteiger partial charge in [0, 0.05) is 12.3 Å². The largest absolute Gasteiger partial charge is 0.120 e. The summed E-state index contributed by atoms with van der Waals surface area (Å²) in [4.78, 5) is 0. The molecule has 4 aromatic rings. The molecule has 0 nitrogen and oxygen atoms in total. The van der Waals surface area contributed by atoms with E-state index in [0.717, 1.165) is 32.1 Å². The maximum atomic E-state index is 5.65. The van der Waals surface area contributed by atoms with E-state index in [1.165, 1.54) is 66.8 Å². The molecule has 1 atom stereocenters. The minimum Gasteiger partial charge on any atom is -0.120 e. The van der Waals surface area contributed by atoms with Crippen LogP contribution < -0.4 is 0 Å². The van der Waals surface area contributed by atoms with Crippen LogP contribution in [0.3, 0.4) is 0 Å². The molecule has 210 valence electrons. The number of unbranched alkanes of at least 4 members (excludes halogenated alkanes) is 1. The Balaban J connectivity index is 1.48. The van der Waals surface area contributed by atoms with Crippen molar-refractivity contribution in [2.24, 2.45) is 0 Å². The fourth-order valence-corrected chi connectivity index (χ4v) is 6.20. The fourth-order valence-electron chi connectivity index (χ4n) is 6.20. The number of aryl methyl sites for hydroxylation is 2. The van der Waals surface area contributed by atoms with Crippen molar-refractivity contribution in [2.45, 2.75) is 65.7 Å². The highest BCUT2D eigenvalue weighted by atomic mass is 14.2. The number of hydrogen-bond donors (Lipinski definition) is 0. The molecule has 0 N–H and O–H groups in total. The number of benzene rings is 4. The van der Waals surface area contributed by atoms with Crippen LogP contribution in [0.2, 0.25) is 0 Å². The van der Waals surface area contributed by atoms with Gasteiger partial charge in [-0.25, -0.2) is 0 Å². The van der Waals surface area contributed by atoms with Crippen molar-refractivity contribution in [2.75, 3.05) is 0 Å². The summed E-state index contributed by atoms with van der Waals surface area (Å²) < 4.78 is 0. The van der Waals surface area contributed by atoms with Crippen molar-refractivity contribution in [1.29, 1.82) is 0 Å². The van der Waals surface area contributed by atoms with Gasteiger partial charge in [-0.1, -0.05) is 114 Å². The Morgan fingerprint density at radius 3 is 2.17 bits per heavy atom. The van der Waals surface area contributed by atoms with E-state index in [1.807, 2.05) is 0 Å². The SMILES string of the molecule is C#CCCC/C(Cc1ccc(-c2ccccc2)cc1)=C(\C)c1cc(-c2ccc(C)c(C3CC=CC=C3C)c2)ccc1C. The molecular weight excluding hydrogens is 504 g/mol. The lowest BCUT2D eigenvalue weighted by atomic mass is 9.82. The van der Waals surface area contributed by atoms with Gasteiger partial charge in [0.1, 0.15) is 0 Å². The molecule has 0 aromatic heterocycles. The summed E-state index contributed by atoms with van der Waals surface area (Å²) in [7, 11) is 0. The summed E-state index contributed by atoms with van der Waals surface area (Å²) in [6.45, 7) is 9.04. The number of rotatable bonds is 9. The van der Waals surface area contributed by atoms with Crippen molar-refractivity contribution in [3.8, 4) is 34.6 Å². The molecule has 1 unspecified atom stereocenters. The summed E-state index contributed by atoms with van der Waals surface area (Å²) in [6, 6.07) is 33.6. The van der Waals surface area contributed by atoms with E-state index in [-0.39, 0.29) is 0 Å². The number of allylic oxidation sites excluding steroid dienone is 6. The third kappa shape index (κ3) is 6.75. The highest BCUT2D eigenvalue weighted by Gasteiger charge is 2.18. The monoisotopic (exact) mass is 546 g/mol. The minimum atomic E-state index is 0.456. The average molecular weight is 547 g/mol. The number of hydrogen-bond acceptors (Lipinski definition) is 0. The summed E-state index contributed by atoms with van der Waals surface area (Å²) in [5.41, 5.74) is 16.2. The molecular formula is C42H42. The summed E-state index contributed by atoms with van der Waals surface area (Å²) >= 11 is 0. The topological polar surface area (TPSA) is 0 Å². The summed E-state index contributed by atoms with van der Waals surface area (Å²) in [5, 5.41) is 0. The summed E-state index contributed by atoms with van der Waals surface area (Å²) in [6.07, 6.45) is 17.2. The van der Waals surface area contributed by atoms with Crippen LogP contribution in [0, 0.1) is 26.2 Å². The maximum absolute atomic E-state index is 5.65. The van der Waals surface area contributed by atoms with E-state index in [1.54, 1.807) is 0 Å². The van der Waals surface area contributed by atoms with E-state index < -0.39 is 0 Å². The van der Waals surface area contributed by atoms with Crippen LogP contribution in [-0.2, 0) is 6.42 Å². The van der Waals surface area contributed by atoms with Crippen molar-refractivity contribution in [1.82, 2.24) is 0 Å². The second kappa shape index (κ2) is 13.5.